The minimum atomic E-state index is -0.348. The Morgan fingerprint density at radius 3 is 2.35 bits per heavy atom. The number of nitrogens with zero attached hydrogens (tertiary/aromatic N) is 2. The van der Waals surface area contributed by atoms with Gasteiger partial charge in [0.2, 0.25) is 5.88 Å². The number of pyridine rings is 1. The minimum absolute atomic E-state index is 0.348. The van der Waals surface area contributed by atoms with E-state index < -0.39 is 0 Å². The van der Waals surface area contributed by atoms with Gasteiger partial charge in [0, 0.05) is 27.6 Å². The van der Waals surface area contributed by atoms with Gasteiger partial charge in [-0.3, -0.25) is 0 Å². The minimum Gasteiger partial charge on any atom is -0.470 e. The fourth-order valence-corrected chi connectivity index (χ4v) is 5.05. The van der Waals surface area contributed by atoms with Gasteiger partial charge in [-0.25, -0.2) is 4.98 Å². The molecule has 0 saturated heterocycles. The maximum Gasteiger partial charge on any atom is 0.223 e. The van der Waals surface area contributed by atoms with Crippen molar-refractivity contribution in [2.24, 2.45) is 5.16 Å². The molecule has 1 fully saturated rings. The third-order valence-electron chi connectivity index (χ3n) is 6.27. The Bertz CT molecular complexity index is 1150. The van der Waals surface area contributed by atoms with E-state index in [1.54, 1.807) is 0 Å². The maximum absolute atomic E-state index is 9.85. The molecule has 0 atom stereocenters. The molecular formula is C25H22Cl2N2O2. The second kappa shape index (κ2) is 8.18. The van der Waals surface area contributed by atoms with Gasteiger partial charge < -0.3 is 9.94 Å². The summed E-state index contributed by atoms with van der Waals surface area (Å²) in [6.07, 6.45) is 5.88. The molecule has 2 aliphatic rings. The summed E-state index contributed by atoms with van der Waals surface area (Å²) in [7, 11) is 0. The Labute approximate surface area is 191 Å². The van der Waals surface area contributed by atoms with Crippen molar-refractivity contribution in [2.45, 2.75) is 44.1 Å². The predicted octanol–water partition coefficient (Wildman–Crippen LogP) is 7.39. The van der Waals surface area contributed by atoms with Gasteiger partial charge in [-0.05, 0) is 55.5 Å². The van der Waals surface area contributed by atoms with Crippen molar-refractivity contribution in [1.29, 1.82) is 0 Å². The number of rotatable bonds is 2. The molecule has 0 bridgehead atoms. The standard InChI is InChI=1S/C25H22Cl2N2O2/c26-17-10-8-16(9-11-17)19-14-20-22(29-30)15-25(12-4-1-5-13-25)31-24(20)28-23(19)18-6-2-3-7-21(18)27/h2-3,6-11,14,30H,1,4-5,12-13,15H2/b29-22+. The molecule has 3 aromatic rings. The average Bonchev–Trinajstić information content (AvgIpc) is 2.79. The lowest BCUT2D eigenvalue weighted by atomic mass is 9.78. The van der Waals surface area contributed by atoms with Gasteiger partial charge in [-0.1, -0.05) is 65.1 Å². The van der Waals surface area contributed by atoms with Crippen LogP contribution in [0.2, 0.25) is 10.0 Å². The van der Waals surface area contributed by atoms with E-state index in [4.69, 9.17) is 32.9 Å². The molecule has 0 unspecified atom stereocenters. The van der Waals surface area contributed by atoms with Crippen LogP contribution in [0.1, 0.15) is 44.1 Å². The van der Waals surface area contributed by atoms with Crippen LogP contribution < -0.4 is 4.74 Å². The molecule has 1 aliphatic heterocycles. The quantitative estimate of drug-likeness (QED) is 0.325. The van der Waals surface area contributed by atoms with E-state index in [2.05, 4.69) is 5.16 Å². The molecule has 2 heterocycles. The molecule has 158 valence electrons. The Kier molecular flexibility index (Phi) is 5.37. The Morgan fingerprint density at radius 2 is 1.65 bits per heavy atom. The number of aromatic nitrogens is 1. The van der Waals surface area contributed by atoms with Gasteiger partial charge >= 0.3 is 0 Å². The zero-order chi connectivity index (χ0) is 21.4. The van der Waals surface area contributed by atoms with Crippen LogP contribution in [0, 0.1) is 0 Å². The number of hydrogen-bond donors (Lipinski definition) is 1. The monoisotopic (exact) mass is 452 g/mol. The summed E-state index contributed by atoms with van der Waals surface area (Å²) in [6.45, 7) is 0. The first-order chi connectivity index (χ1) is 15.1. The van der Waals surface area contributed by atoms with Crippen LogP contribution in [0.5, 0.6) is 5.88 Å². The zero-order valence-electron chi connectivity index (χ0n) is 16.9. The zero-order valence-corrected chi connectivity index (χ0v) is 18.5. The van der Waals surface area contributed by atoms with Crippen LogP contribution in [0.15, 0.2) is 59.8 Å². The number of oxime groups is 1. The molecule has 1 N–H and O–H groups in total. The number of fused-ring (bicyclic) bond motifs is 1. The number of ether oxygens (including phenoxy) is 1. The average molecular weight is 453 g/mol. The summed E-state index contributed by atoms with van der Waals surface area (Å²) in [6, 6.07) is 17.2. The smallest absolute Gasteiger partial charge is 0.223 e. The van der Waals surface area contributed by atoms with Gasteiger partial charge in [0.1, 0.15) is 5.60 Å². The summed E-state index contributed by atoms with van der Waals surface area (Å²) in [4.78, 5) is 4.96. The Balaban J connectivity index is 1.73. The molecule has 1 aliphatic carbocycles. The first-order valence-corrected chi connectivity index (χ1v) is 11.3. The lowest BCUT2D eigenvalue weighted by molar-refractivity contribution is 0.0269. The van der Waals surface area contributed by atoms with Gasteiger partial charge in [-0.15, -0.1) is 0 Å². The number of benzene rings is 2. The van der Waals surface area contributed by atoms with Crippen LogP contribution >= 0.6 is 23.2 Å². The number of hydrogen-bond acceptors (Lipinski definition) is 4. The van der Waals surface area contributed by atoms with Crippen molar-refractivity contribution in [1.82, 2.24) is 4.98 Å². The lowest BCUT2D eigenvalue weighted by Crippen LogP contribution is -2.44. The first kappa shape index (κ1) is 20.3. The molecule has 1 spiro atoms. The molecule has 4 nitrogen and oxygen atoms in total. The second-order valence-corrected chi connectivity index (χ2v) is 9.14. The first-order valence-electron chi connectivity index (χ1n) is 10.5. The van der Waals surface area contributed by atoms with Crippen molar-refractivity contribution < 1.29 is 9.94 Å². The topological polar surface area (TPSA) is 54.7 Å². The molecular weight excluding hydrogens is 431 g/mol. The van der Waals surface area contributed by atoms with Crippen molar-refractivity contribution in [3.05, 3.63) is 70.2 Å². The van der Waals surface area contributed by atoms with Gasteiger partial charge in [0.05, 0.1) is 17.0 Å². The molecule has 5 rings (SSSR count). The fourth-order valence-electron chi connectivity index (χ4n) is 4.69. The molecule has 1 aromatic heterocycles. The Morgan fingerprint density at radius 1 is 0.903 bits per heavy atom. The normalized spacial score (nSPS) is 18.6. The SMILES string of the molecule is O/N=C1\CC2(CCCCC2)Oc2nc(-c3ccccc3Cl)c(-c3ccc(Cl)cc3)cc21. The van der Waals surface area contributed by atoms with Crippen molar-refractivity contribution >= 4 is 28.9 Å². The van der Waals surface area contributed by atoms with E-state index in [9.17, 15) is 5.21 Å². The highest BCUT2D eigenvalue weighted by molar-refractivity contribution is 6.33. The molecule has 6 heteroatoms. The molecule has 2 aromatic carbocycles. The van der Waals surface area contributed by atoms with E-state index in [1.807, 2.05) is 54.6 Å². The molecule has 0 amide bonds. The van der Waals surface area contributed by atoms with Crippen LogP contribution in [-0.4, -0.2) is 21.5 Å². The van der Waals surface area contributed by atoms with Gasteiger partial charge in [-0.2, -0.15) is 0 Å². The molecule has 31 heavy (non-hydrogen) atoms. The Hall–Kier alpha value is -2.56. The second-order valence-electron chi connectivity index (χ2n) is 8.29. The highest BCUT2D eigenvalue weighted by atomic mass is 35.5. The molecule has 0 radical (unpaired) electrons. The van der Waals surface area contributed by atoms with Crippen molar-refractivity contribution in [3.8, 4) is 28.3 Å². The predicted molar refractivity (Wildman–Crippen MR) is 125 cm³/mol. The summed E-state index contributed by atoms with van der Waals surface area (Å²) in [5.41, 5.74) is 4.39. The van der Waals surface area contributed by atoms with E-state index in [1.165, 1.54) is 6.42 Å². The summed E-state index contributed by atoms with van der Waals surface area (Å²) < 4.78 is 6.54. The highest BCUT2D eigenvalue weighted by Crippen LogP contribution is 2.45. The van der Waals surface area contributed by atoms with E-state index >= 15 is 0 Å². The summed E-state index contributed by atoms with van der Waals surface area (Å²) in [5, 5.41) is 14.8. The summed E-state index contributed by atoms with van der Waals surface area (Å²) in [5.74, 6) is 0.508. The van der Waals surface area contributed by atoms with E-state index in [0.717, 1.165) is 53.6 Å². The van der Waals surface area contributed by atoms with Crippen LogP contribution in [0.25, 0.3) is 22.4 Å². The number of halogens is 2. The van der Waals surface area contributed by atoms with Crippen LogP contribution in [0.4, 0.5) is 0 Å². The van der Waals surface area contributed by atoms with Gasteiger partial charge in [0.25, 0.3) is 0 Å². The third kappa shape index (κ3) is 3.79. The van der Waals surface area contributed by atoms with Crippen LogP contribution in [-0.2, 0) is 0 Å². The largest absolute Gasteiger partial charge is 0.470 e. The molecule has 1 saturated carbocycles. The summed E-state index contributed by atoms with van der Waals surface area (Å²) >= 11 is 12.7. The highest BCUT2D eigenvalue weighted by Gasteiger charge is 2.42. The van der Waals surface area contributed by atoms with Gasteiger partial charge in [0.15, 0.2) is 0 Å². The van der Waals surface area contributed by atoms with Crippen molar-refractivity contribution in [3.63, 3.8) is 0 Å². The fraction of sp³-hybridized carbons (Fsp3) is 0.280. The van der Waals surface area contributed by atoms with E-state index in [-0.39, 0.29) is 5.60 Å². The van der Waals surface area contributed by atoms with Crippen LogP contribution in [0.3, 0.4) is 0 Å². The lowest BCUT2D eigenvalue weighted by Gasteiger charge is -2.41. The van der Waals surface area contributed by atoms with Crippen molar-refractivity contribution in [2.75, 3.05) is 0 Å². The van der Waals surface area contributed by atoms with E-state index in [0.29, 0.717) is 28.1 Å². The third-order valence-corrected chi connectivity index (χ3v) is 6.85. The maximum atomic E-state index is 9.85.